The summed E-state index contributed by atoms with van der Waals surface area (Å²) in [6, 6.07) is 0.0107. The van der Waals surface area contributed by atoms with Crippen molar-refractivity contribution in [1.29, 1.82) is 0 Å². The van der Waals surface area contributed by atoms with Gasteiger partial charge in [0.05, 0.1) is 5.25 Å². The Morgan fingerprint density at radius 1 is 1.18 bits per heavy atom. The molecule has 2 N–H and O–H groups in total. The van der Waals surface area contributed by atoms with E-state index >= 15 is 0 Å². The number of nitrogens with two attached hydrogens (primary N) is 1. The van der Waals surface area contributed by atoms with Gasteiger partial charge >= 0.3 is 0 Å². The molecule has 2 fully saturated rings. The molecule has 0 spiro atoms. The highest BCUT2D eigenvalue weighted by molar-refractivity contribution is 7.89. The van der Waals surface area contributed by atoms with Crippen LogP contribution in [0.5, 0.6) is 0 Å². The second-order valence-corrected chi connectivity index (χ2v) is 7.02. The van der Waals surface area contributed by atoms with Crippen molar-refractivity contribution in [2.45, 2.75) is 43.4 Å². The van der Waals surface area contributed by atoms with Gasteiger partial charge in [0.25, 0.3) is 0 Å². The second kappa shape index (κ2) is 5.65. The Morgan fingerprint density at radius 2 is 1.88 bits per heavy atom. The van der Waals surface area contributed by atoms with Gasteiger partial charge in [-0.25, -0.2) is 8.42 Å². The summed E-state index contributed by atoms with van der Waals surface area (Å²) in [4.78, 5) is 0. The van der Waals surface area contributed by atoms with E-state index in [1.807, 2.05) is 0 Å². The van der Waals surface area contributed by atoms with Gasteiger partial charge in [-0.2, -0.15) is 4.31 Å². The van der Waals surface area contributed by atoms with Crippen LogP contribution in [0.4, 0.5) is 0 Å². The van der Waals surface area contributed by atoms with Crippen molar-refractivity contribution in [3.05, 3.63) is 0 Å². The summed E-state index contributed by atoms with van der Waals surface area (Å²) in [5, 5.41) is -0.261. The number of hydrogen-bond donors (Lipinski definition) is 1. The average molecular weight is 262 g/mol. The third-order valence-electron chi connectivity index (χ3n) is 3.76. The predicted molar refractivity (Wildman–Crippen MR) is 66.2 cm³/mol. The van der Waals surface area contributed by atoms with Gasteiger partial charge in [-0.15, -0.1) is 0 Å². The summed E-state index contributed by atoms with van der Waals surface area (Å²) >= 11 is 0. The minimum atomic E-state index is -3.17. The Bertz CT molecular complexity index is 339. The zero-order valence-corrected chi connectivity index (χ0v) is 11.0. The minimum absolute atomic E-state index is 0.0107. The molecule has 0 aromatic heterocycles. The van der Waals surface area contributed by atoms with Crippen molar-refractivity contribution < 1.29 is 13.2 Å². The van der Waals surface area contributed by atoms with Crippen LogP contribution in [0.1, 0.15) is 32.1 Å². The standard InChI is InChI=1S/C11H22N2O3S/c12-9-10-3-1-2-6-13(10)17(14,15)11-4-7-16-8-5-11/h10-11H,1-9,12H2. The first-order chi connectivity index (χ1) is 8.16. The number of piperidine rings is 1. The van der Waals surface area contributed by atoms with Crippen LogP contribution in [-0.2, 0) is 14.8 Å². The number of ether oxygens (including phenoxy) is 1. The molecule has 2 aliphatic rings. The van der Waals surface area contributed by atoms with Crippen molar-refractivity contribution in [1.82, 2.24) is 4.31 Å². The molecule has 0 amide bonds. The third kappa shape index (κ3) is 2.81. The van der Waals surface area contributed by atoms with Gasteiger partial charge in [-0.3, -0.25) is 0 Å². The van der Waals surface area contributed by atoms with Crippen LogP contribution in [-0.4, -0.2) is 50.3 Å². The summed E-state index contributed by atoms with van der Waals surface area (Å²) in [5.74, 6) is 0. The fourth-order valence-electron chi connectivity index (χ4n) is 2.71. The van der Waals surface area contributed by atoms with Gasteiger partial charge < -0.3 is 10.5 Å². The largest absolute Gasteiger partial charge is 0.381 e. The van der Waals surface area contributed by atoms with E-state index in [0.29, 0.717) is 39.1 Å². The molecule has 0 aliphatic carbocycles. The van der Waals surface area contributed by atoms with E-state index in [1.165, 1.54) is 0 Å². The molecule has 2 heterocycles. The molecule has 2 aliphatic heterocycles. The lowest BCUT2D eigenvalue weighted by molar-refractivity contribution is 0.0963. The highest BCUT2D eigenvalue weighted by Crippen LogP contribution is 2.26. The van der Waals surface area contributed by atoms with Crippen LogP contribution in [0, 0.1) is 0 Å². The molecule has 2 rings (SSSR count). The van der Waals surface area contributed by atoms with E-state index in [9.17, 15) is 8.42 Å². The zero-order chi connectivity index (χ0) is 12.3. The molecule has 1 unspecified atom stereocenters. The zero-order valence-electron chi connectivity index (χ0n) is 10.2. The number of rotatable bonds is 3. The SMILES string of the molecule is NCC1CCCCN1S(=O)(=O)C1CCOCC1. The lowest BCUT2D eigenvalue weighted by atomic mass is 10.1. The van der Waals surface area contributed by atoms with Gasteiger partial charge in [0, 0.05) is 32.3 Å². The molecule has 2 saturated heterocycles. The first-order valence-electron chi connectivity index (χ1n) is 6.44. The summed E-state index contributed by atoms with van der Waals surface area (Å²) in [7, 11) is -3.17. The highest BCUT2D eigenvalue weighted by Gasteiger charge is 2.37. The lowest BCUT2D eigenvalue weighted by Crippen LogP contribution is -2.51. The van der Waals surface area contributed by atoms with Crippen LogP contribution in [0.25, 0.3) is 0 Å². The fraction of sp³-hybridized carbons (Fsp3) is 1.00. The van der Waals surface area contributed by atoms with Crippen molar-refractivity contribution in [3.63, 3.8) is 0 Å². The molecular formula is C11H22N2O3S. The van der Waals surface area contributed by atoms with Crippen LogP contribution in [0.2, 0.25) is 0 Å². The van der Waals surface area contributed by atoms with E-state index in [4.69, 9.17) is 10.5 Å². The molecule has 0 bridgehead atoms. The molecule has 0 saturated carbocycles. The lowest BCUT2D eigenvalue weighted by Gasteiger charge is -2.37. The second-order valence-electron chi connectivity index (χ2n) is 4.85. The molecule has 100 valence electrons. The minimum Gasteiger partial charge on any atom is -0.381 e. The maximum Gasteiger partial charge on any atom is 0.217 e. The topological polar surface area (TPSA) is 72.6 Å². The van der Waals surface area contributed by atoms with Crippen molar-refractivity contribution in [2.75, 3.05) is 26.3 Å². The van der Waals surface area contributed by atoms with Gasteiger partial charge in [-0.05, 0) is 25.7 Å². The average Bonchev–Trinajstić information content (AvgIpc) is 2.39. The van der Waals surface area contributed by atoms with Crippen molar-refractivity contribution in [3.8, 4) is 0 Å². The molecule has 17 heavy (non-hydrogen) atoms. The van der Waals surface area contributed by atoms with E-state index in [0.717, 1.165) is 19.3 Å². The van der Waals surface area contributed by atoms with E-state index in [1.54, 1.807) is 4.31 Å². The van der Waals surface area contributed by atoms with Crippen LogP contribution < -0.4 is 5.73 Å². The summed E-state index contributed by atoms with van der Waals surface area (Å²) in [5.41, 5.74) is 5.69. The number of nitrogens with zero attached hydrogens (tertiary/aromatic N) is 1. The third-order valence-corrected chi connectivity index (χ3v) is 6.21. The molecule has 0 aromatic rings. The fourth-order valence-corrected chi connectivity index (χ4v) is 4.87. The van der Waals surface area contributed by atoms with Crippen LogP contribution >= 0.6 is 0 Å². The maximum atomic E-state index is 12.5. The van der Waals surface area contributed by atoms with E-state index in [-0.39, 0.29) is 11.3 Å². The molecule has 5 nitrogen and oxygen atoms in total. The Labute approximate surface area is 103 Å². The molecule has 1 atom stereocenters. The van der Waals surface area contributed by atoms with E-state index in [2.05, 4.69) is 0 Å². The molecule has 6 heteroatoms. The molecule has 0 aromatic carbocycles. The van der Waals surface area contributed by atoms with E-state index < -0.39 is 10.0 Å². The first-order valence-corrected chi connectivity index (χ1v) is 7.95. The predicted octanol–water partition coefficient (Wildman–Crippen LogP) is 0.308. The first kappa shape index (κ1) is 13.3. The van der Waals surface area contributed by atoms with Crippen molar-refractivity contribution >= 4 is 10.0 Å². The Morgan fingerprint density at radius 3 is 2.53 bits per heavy atom. The van der Waals surface area contributed by atoms with Gasteiger partial charge in [0.15, 0.2) is 0 Å². The monoisotopic (exact) mass is 262 g/mol. The summed E-state index contributed by atoms with van der Waals surface area (Å²) in [6.07, 6.45) is 4.19. The van der Waals surface area contributed by atoms with Gasteiger partial charge in [-0.1, -0.05) is 6.42 Å². The van der Waals surface area contributed by atoms with Gasteiger partial charge in [0.1, 0.15) is 0 Å². The maximum absolute atomic E-state index is 12.5. The van der Waals surface area contributed by atoms with Crippen LogP contribution in [0.15, 0.2) is 0 Å². The number of hydrogen-bond acceptors (Lipinski definition) is 4. The Balaban J connectivity index is 2.11. The van der Waals surface area contributed by atoms with Gasteiger partial charge in [0.2, 0.25) is 10.0 Å². The Kier molecular flexibility index (Phi) is 4.41. The molecular weight excluding hydrogens is 240 g/mol. The molecule has 0 radical (unpaired) electrons. The quantitative estimate of drug-likeness (QED) is 0.794. The normalized spacial score (nSPS) is 29.4. The summed E-state index contributed by atoms with van der Waals surface area (Å²) in [6.45, 7) is 2.19. The number of sulfonamides is 1. The summed E-state index contributed by atoms with van der Waals surface area (Å²) < 4.78 is 31.9. The highest BCUT2D eigenvalue weighted by atomic mass is 32.2. The van der Waals surface area contributed by atoms with Crippen molar-refractivity contribution in [2.24, 2.45) is 5.73 Å². The Hall–Kier alpha value is -0.170. The smallest absolute Gasteiger partial charge is 0.217 e. The van der Waals surface area contributed by atoms with Crippen LogP contribution in [0.3, 0.4) is 0 Å².